The Morgan fingerprint density at radius 2 is 1.85 bits per heavy atom. The molecule has 2 rings (SSSR count). The molecule has 0 saturated carbocycles. The van der Waals surface area contributed by atoms with Gasteiger partial charge in [-0.25, -0.2) is 0 Å². The zero-order valence-corrected chi connectivity index (χ0v) is 12.7. The number of hydrogen-bond donors (Lipinski definition) is 2. The molecule has 20 heavy (non-hydrogen) atoms. The molecule has 2 heterocycles. The maximum absolute atomic E-state index is 12.8. The van der Waals surface area contributed by atoms with Gasteiger partial charge >= 0.3 is 0 Å². The quantitative estimate of drug-likeness (QED) is 0.801. The van der Waals surface area contributed by atoms with Crippen LogP contribution in [-0.2, 0) is 9.59 Å². The highest BCUT2D eigenvalue weighted by molar-refractivity contribution is 5.83. The smallest absolute Gasteiger partial charge is 0.228 e. The first-order chi connectivity index (χ1) is 9.43. The monoisotopic (exact) mass is 281 g/mol. The van der Waals surface area contributed by atoms with E-state index in [4.69, 9.17) is 5.73 Å². The van der Waals surface area contributed by atoms with Crippen molar-refractivity contribution in [3.63, 3.8) is 0 Å². The lowest BCUT2D eigenvalue weighted by Crippen LogP contribution is -2.51. The summed E-state index contributed by atoms with van der Waals surface area (Å²) < 4.78 is 0. The fraction of sp³-hybridized carbons (Fsp3) is 0.867. The average molecular weight is 281 g/mol. The van der Waals surface area contributed by atoms with Gasteiger partial charge in [0.15, 0.2) is 0 Å². The topological polar surface area (TPSA) is 75.4 Å². The van der Waals surface area contributed by atoms with Crippen molar-refractivity contribution in [2.75, 3.05) is 26.2 Å². The van der Waals surface area contributed by atoms with Crippen LogP contribution in [0.2, 0.25) is 0 Å². The van der Waals surface area contributed by atoms with Crippen LogP contribution in [0, 0.1) is 17.3 Å². The molecular formula is C15H27N3O2. The predicted octanol–water partition coefficient (Wildman–Crippen LogP) is 0.736. The third-order valence-corrected chi connectivity index (χ3v) is 5.05. The highest BCUT2D eigenvalue weighted by Crippen LogP contribution is 2.34. The third kappa shape index (κ3) is 3.14. The fourth-order valence-corrected chi connectivity index (χ4v) is 3.42. The molecule has 1 atom stereocenters. The number of piperidine rings is 2. The lowest BCUT2D eigenvalue weighted by atomic mass is 9.73. The van der Waals surface area contributed by atoms with E-state index in [1.807, 2.05) is 4.90 Å². The molecule has 0 bridgehead atoms. The lowest BCUT2D eigenvalue weighted by molar-refractivity contribution is -0.146. The van der Waals surface area contributed by atoms with Crippen LogP contribution in [0.1, 0.15) is 39.5 Å². The molecule has 0 aromatic heterocycles. The molecule has 0 spiro atoms. The van der Waals surface area contributed by atoms with Crippen LogP contribution in [0.3, 0.4) is 0 Å². The number of nitrogens with one attached hydrogen (secondary N) is 1. The maximum Gasteiger partial charge on any atom is 0.228 e. The van der Waals surface area contributed by atoms with E-state index in [-0.39, 0.29) is 23.1 Å². The predicted molar refractivity (Wildman–Crippen MR) is 77.9 cm³/mol. The van der Waals surface area contributed by atoms with Crippen molar-refractivity contribution in [1.29, 1.82) is 0 Å². The molecule has 2 fully saturated rings. The van der Waals surface area contributed by atoms with E-state index in [0.717, 1.165) is 25.9 Å². The van der Waals surface area contributed by atoms with Crippen molar-refractivity contribution in [2.24, 2.45) is 23.0 Å². The van der Waals surface area contributed by atoms with E-state index in [2.05, 4.69) is 19.2 Å². The number of amides is 2. The molecule has 2 amide bonds. The van der Waals surface area contributed by atoms with Crippen LogP contribution >= 0.6 is 0 Å². The number of carbonyl (C=O) groups is 2. The Kier molecular flexibility index (Phi) is 4.68. The Hall–Kier alpha value is -1.10. The summed E-state index contributed by atoms with van der Waals surface area (Å²) in [5, 5.41) is 3.39. The Bertz CT molecular complexity index is 367. The zero-order chi connectivity index (χ0) is 14.8. The third-order valence-electron chi connectivity index (χ3n) is 5.05. The minimum Gasteiger partial charge on any atom is -0.369 e. The molecule has 114 valence electrons. The molecule has 0 radical (unpaired) electrons. The van der Waals surface area contributed by atoms with Crippen molar-refractivity contribution in [1.82, 2.24) is 10.2 Å². The summed E-state index contributed by atoms with van der Waals surface area (Å²) in [7, 11) is 0. The molecule has 2 saturated heterocycles. The number of nitrogens with two attached hydrogens (primary N) is 1. The van der Waals surface area contributed by atoms with Crippen LogP contribution in [0.25, 0.3) is 0 Å². The van der Waals surface area contributed by atoms with Gasteiger partial charge in [-0.2, -0.15) is 0 Å². The number of carbonyl (C=O) groups excluding carboxylic acids is 2. The highest BCUT2D eigenvalue weighted by atomic mass is 16.2. The molecule has 0 aromatic carbocycles. The van der Waals surface area contributed by atoms with Gasteiger partial charge in [-0.15, -0.1) is 0 Å². The van der Waals surface area contributed by atoms with Gasteiger partial charge in [0, 0.05) is 24.4 Å². The number of nitrogens with zero attached hydrogens (tertiary/aromatic N) is 1. The van der Waals surface area contributed by atoms with Gasteiger partial charge in [0.25, 0.3) is 0 Å². The second-order valence-corrected chi connectivity index (χ2v) is 6.73. The van der Waals surface area contributed by atoms with Gasteiger partial charge in [-0.1, -0.05) is 13.8 Å². The van der Waals surface area contributed by atoms with Crippen LogP contribution in [0.4, 0.5) is 0 Å². The average Bonchev–Trinajstić information content (AvgIpc) is 2.47. The number of rotatable bonds is 3. The first-order valence-corrected chi connectivity index (χ1v) is 7.72. The van der Waals surface area contributed by atoms with Gasteiger partial charge < -0.3 is 16.0 Å². The highest BCUT2D eigenvalue weighted by Gasteiger charge is 2.40. The van der Waals surface area contributed by atoms with Crippen LogP contribution in [0.5, 0.6) is 0 Å². The first kappa shape index (κ1) is 15.3. The van der Waals surface area contributed by atoms with Gasteiger partial charge in [0.05, 0.1) is 0 Å². The Labute approximate surface area is 121 Å². The van der Waals surface area contributed by atoms with E-state index < -0.39 is 0 Å². The van der Waals surface area contributed by atoms with Crippen molar-refractivity contribution < 1.29 is 9.59 Å². The summed E-state index contributed by atoms with van der Waals surface area (Å²) in [6, 6.07) is 0. The molecule has 0 aliphatic carbocycles. The zero-order valence-electron chi connectivity index (χ0n) is 12.7. The number of primary amides is 1. The lowest BCUT2D eigenvalue weighted by Gasteiger charge is -2.41. The van der Waals surface area contributed by atoms with Crippen LogP contribution in [-0.4, -0.2) is 42.9 Å². The molecule has 5 heteroatoms. The summed E-state index contributed by atoms with van der Waals surface area (Å²) in [6.45, 7) is 7.44. The number of likely N-dealkylation sites (tertiary alicyclic amines) is 1. The van der Waals surface area contributed by atoms with E-state index in [1.54, 1.807) is 0 Å². The summed E-state index contributed by atoms with van der Waals surface area (Å²) in [5.74, 6) is 0.345. The summed E-state index contributed by atoms with van der Waals surface area (Å²) in [5.41, 5.74) is 5.01. The van der Waals surface area contributed by atoms with Crippen LogP contribution in [0.15, 0.2) is 0 Å². The summed E-state index contributed by atoms with van der Waals surface area (Å²) in [6.07, 6.45) is 3.68. The van der Waals surface area contributed by atoms with Gasteiger partial charge in [-0.05, 0) is 44.7 Å². The number of hydrogen-bond acceptors (Lipinski definition) is 3. The Morgan fingerprint density at radius 3 is 2.35 bits per heavy atom. The second kappa shape index (κ2) is 6.12. The Balaban J connectivity index is 1.95. The summed E-state index contributed by atoms with van der Waals surface area (Å²) in [4.78, 5) is 25.9. The van der Waals surface area contributed by atoms with Crippen molar-refractivity contribution in [3.05, 3.63) is 0 Å². The fourth-order valence-electron chi connectivity index (χ4n) is 3.42. The SMILES string of the molecule is CC(C)(C(=O)N1CCC(C(N)=O)CC1)C1CCCNC1. The largest absolute Gasteiger partial charge is 0.369 e. The van der Waals surface area contributed by atoms with Gasteiger partial charge in [-0.3, -0.25) is 9.59 Å². The normalized spacial score (nSPS) is 25.5. The van der Waals surface area contributed by atoms with E-state index in [9.17, 15) is 9.59 Å². The standard InChI is InChI=1S/C15H27N3O2/c1-15(2,12-4-3-7-17-10-12)14(20)18-8-5-11(6-9-18)13(16)19/h11-12,17H,3-10H2,1-2H3,(H2,16,19). The van der Waals surface area contributed by atoms with E-state index in [0.29, 0.717) is 31.8 Å². The molecule has 2 aliphatic heterocycles. The molecular weight excluding hydrogens is 254 g/mol. The second-order valence-electron chi connectivity index (χ2n) is 6.73. The molecule has 5 nitrogen and oxygen atoms in total. The first-order valence-electron chi connectivity index (χ1n) is 7.72. The molecule has 2 aliphatic rings. The van der Waals surface area contributed by atoms with E-state index in [1.165, 1.54) is 0 Å². The van der Waals surface area contributed by atoms with Crippen LogP contribution < -0.4 is 11.1 Å². The van der Waals surface area contributed by atoms with Crippen molar-refractivity contribution >= 4 is 11.8 Å². The van der Waals surface area contributed by atoms with Crippen molar-refractivity contribution in [3.8, 4) is 0 Å². The van der Waals surface area contributed by atoms with Gasteiger partial charge in [0.1, 0.15) is 0 Å². The minimum atomic E-state index is -0.326. The molecule has 3 N–H and O–H groups in total. The van der Waals surface area contributed by atoms with Gasteiger partial charge in [0.2, 0.25) is 11.8 Å². The Morgan fingerprint density at radius 1 is 1.20 bits per heavy atom. The minimum absolute atomic E-state index is 0.0569. The summed E-state index contributed by atoms with van der Waals surface area (Å²) >= 11 is 0. The maximum atomic E-state index is 12.8. The van der Waals surface area contributed by atoms with Crippen molar-refractivity contribution in [2.45, 2.75) is 39.5 Å². The molecule has 1 unspecified atom stereocenters. The molecule has 0 aromatic rings. The van der Waals surface area contributed by atoms with E-state index >= 15 is 0 Å².